The standard InChI is InChI=1S/C13H9FN2OS/c14-8-1-2-10-9(7-8)13-11(4-6-17-10)18-12(16-13)3-5-15/h1-2,7H,3-4,6H2. The second-order valence-electron chi connectivity index (χ2n) is 3.95. The molecule has 0 saturated carbocycles. The minimum absolute atomic E-state index is 0.295. The Morgan fingerprint density at radius 1 is 1.50 bits per heavy atom. The fourth-order valence-electron chi connectivity index (χ4n) is 1.99. The fourth-order valence-corrected chi connectivity index (χ4v) is 2.99. The van der Waals surface area contributed by atoms with E-state index in [1.165, 1.54) is 23.5 Å². The maximum Gasteiger partial charge on any atom is 0.128 e. The Morgan fingerprint density at radius 2 is 2.39 bits per heavy atom. The number of halogens is 1. The number of rotatable bonds is 1. The molecule has 1 aromatic carbocycles. The SMILES string of the molecule is N#CCc1nc2c(s1)CCOc1ccc(F)cc1-2. The van der Waals surface area contributed by atoms with E-state index in [2.05, 4.69) is 11.1 Å². The largest absolute Gasteiger partial charge is 0.493 e. The average molecular weight is 260 g/mol. The Balaban J connectivity index is 2.17. The predicted octanol–water partition coefficient (Wildman–Crippen LogP) is 2.95. The van der Waals surface area contributed by atoms with E-state index in [0.29, 0.717) is 24.3 Å². The van der Waals surface area contributed by atoms with Crippen molar-refractivity contribution in [3.05, 3.63) is 33.9 Å². The second kappa shape index (κ2) is 4.39. The van der Waals surface area contributed by atoms with Gasteiger partial charge < -0.3 is 4.74 Å². The summed E-state index contributed by atoms with van der Waals surface area (Å²) in [5, 5.41) is 9.49. The first-order chi connectivity index (χ1) is 8.78. The number of nitrogens with zero attached hydrogens (tertiary/aromatic N) is 2. The van der Waals surface area contributed by atoms with Crippen molar-refractivity contribution in [3.63, 3.8) is 0 Å². The van der Waals surface area contributed by atoms with Gasteiger partial charge in [0, 0.05) is 16.9 Å². The summed E-state index contributed by atoms with van der Waals surface area (Å²) in [6.45, 7) is 0.555. The minimum Gasteiger partial charge on any atom is -0.493 e. The van der Waals surface area contributed by atoms with E-state index < -0.39 is 0 Å². The quantitative estimate of drug-likeness (QED) is 0.792. The molecule has 0 bridgehead atoms. The maximum atomic E-state index is 13.3. The van der Waals surface area contributed by atoms with Gasteiger partial charge in [-0.15, -0.1) is 11.3 Å². The normalized spacial score (nSPS) is 12.9. The molecule has 0 saturated heterocycles. The number of aromatic nitrogens is 1. The monoisotopic (exact) mass is 260 g/mol. The van der Waals surface area contributed by atoms with Crippen LogP contribution < -0.4 is 4.74 Å². The highest BCUT2D eigenvalue weighted by Crippen LogP contribution is 2.37. The van der Waals surface area contributed by atoms with Crippen molar-refractivity contribution in [1.82, 2.24) is 4.98 Å². The summed E-state index contributed by atoms with van der Waals surface area (Å²) in [4.78, 5) is 5.49. The van der Waals surface area contributed by atoms with Crippen molar-refractivity contribution in [2.24, 2.45) is 0 Å². The molecule has 1 aliphatic heterocycles. The summed E-state index contributed by atoms with van der Waals surface area (Å²) < 4.78 is 18.9. The molecule has 18 heavy (non-hydrogen) atoms. The van der Waals surface area contributed by atoms with Gasteiger partial charge in [0.15, 0.2) is 0 Å². The van der Waals surface area contributed by atoms with Crippen molar-refractivity contribution >= 4 is 11.3 Å². The van der Waals surface area contributed by atoms with Crippen molar-refractivity contribution in [2.75, 3.05) is 6.61 Å². The smallest absolute Gasteiger partial charge is 0.128 e. The van der Waals surface area contributed by atoms with Crippen LogP contribution in [0.5, 0.6) is 5.75 Å². The molecule has 0 aliphatic carbocycles. The van der Waals surface area contributed by atoms with E-state index in [0.717, 1.165) is 22.0 Å². The lowest BCUT2D eigenvalue weighted by Crippen LogP contribution is -1.97. The highest BCUT2D eigenvalue weighted by atomic mass is 32.1. The van der Waals surface area contributed by atoms with Crippen LogP contribution >= 0.6 is 11.3 Å². The molecule has 0 unspecified atom stereocenters. The number of ether oxygens (including phenoxy) is 1. The molecule has 1 aliphatic rings. The lowest BCUT2D eigenvalue weighted by atomic mass is 10.1. The number of fused-ring (bicyclic) bond motifs is 3. The number of nitriles is 1. The number of hydrogen-bond donors (Lipinski definition) is 0. The third-order valence-electron chi connectivity index (χ3n) is 2.76. The van der Waals surface area contributed by atoms with Crippen LogP contribution in [0, 0.1) is 17.1 Å². The Kier molecular flexibility index (Phi) is 2.73. The molecule has 3 nitrogen and oxygen atoms in total. The molecular formula is C13H9FN2OS. The van der Waals surface area contributed by atoms with Crippen molar-refractivity contribution < 1.29 is 9.13 Å². The van der Waals surface area contributed by atoms with Crippen LogP contribution in [0.25, 0.3) is 11.3 Å². The molecule has 0 N–H and O–H groups in total. The third-order valence-corrected chi connectivity index (χ3v) is 3.87. The summed E-state index contributed by atoms with van der Waals surface area (Å²) in [6.07, 6.45) is 1.04. The van der Waals surface area contributed by atoms with Gasteiger partial charge in [-0.3, -0.25) is 0 Å². The van der Waals surface area contributed by atoms with Crippen LogP contribution in [0.4, 0.5) is 4.39 Å². The van der Waals surface area contributed by atoms with Gasteiger partial charge in [0.2, 0.25) is 0 Å². The van der Waals surface area contributed by atoms with Crippen LogP contribution in [0.2, 0.25) is 0 Å². The van der Waals surface area contributed by atoms with Gasteiger partial charge in [0.25, 0.3) is 0 Å². The zero-order chi connectivity index (χ0) is 12.5. The lowest BCUT2D eigenvalue weighted by molar-refractivity contribution is 0.327. The van der Waals surface area contributed by atoms with Gasteiger partial charge in [-0.2, -0.15) is 5.26 Å². The van der Waals surface area contributed by atoms with Crippen LogP contribution in [-0.2, 0) is 12.8 Å². The summed E-state index contributed by atoms with van der Waals surface area (Å²) in [7, 11) is 0. The Hall–Kier alpha value is -1.93. The van der Waals surface area contributed by atoms with Gasteiger partial charge in [-0.05, 0) is 18.2 Å². The Bertz CT molecular complexity index is 645. The highest BCUT2D eigenvalue weighted by Gasteiger charge is 2.20. The molecule has 0 spiro atoms. The fraction of sp³-hybridized carbons (Fsp3) is 0.231. The molecule has 0 radical (unpaired) electrons. The summed E-state index contributed by atoms with van der Waals surface area (Å²) in [5.41, 5.74) is 1.44. The van der Waals surface area contributed by atoms with Crippen molar-refractivity contribution in [2.45, 2.75) is 12.8 Å². The van der Waals surface area contributed by atoms with Crippen LogP contribution in [0.15, 0.2) is 18.2 Å². The zero-order valence-electron chi connectivity index (χ0n) is 9.44. The predicted molar refractivity (Wildman–Crippen MR) is 66.0 cm³/mol. The first-order valence-electron chi connectivity index (χ1n) is 5.56. The van der Waals surface area contributed by atoms with E-state index in [4.69, 9.17) is 10.00 Å². The van der Waals surface area contributed by atoms with E-state index in [1.807, 2.05) is 0 Å². The van der Waals surface area contributed by atoms with Crippen LogP contribution in [0.3, 0.4) is 0 Å². The van der Waals surface area contributed by atoms with Crippen molar-refractivity contribution in [3.8, 4) is 23.1 Å². The Labute approximate surface area is 107 Å². The van der Waals surface area contributed by atoms with E-state index in [1.54, 1.807) is 6.07 Å². The van der Waals surface area contributed by atoms with Crippen LogP contribution in [-0.4, -0.2) is 11.6 Å². The first-order valence-corrected chi connectivity index (χ1v) is 6.38. The average Bonchev–Trinajstić information content (AvgIpc) is 2.67. The van der Waals surface area contributed by atoms with Crippen molar-refractivity contribution in [1.29, 1.82) is 5.26 Å². The molecule has 0 fully saturated rings. The second-order valence-corrected chi connectivity index (χ2v) is 5.12. The number of hydrogen-bond acceptors (Lipinski definition) is 4. The minimum atomic E-state index is -0.306. The first kappa shape index (κ1) is 11.2. The van der Waals surface area contributed by atoms with Gasteiger partial charge in [-0.25, -0.2) is 9.37 Å². The van der Waals surface area contributed by atoms with Crippen LogP contribution in [0.1, 0.15) is 9.88 Å². The summed E-state index contributed by atoms with van der Waals surface area (Å²) in [5.74, 6) is 0.351. The van der Waals surface area contributed by atoms with E-state index in [9.17, 15) is 4.39 Å². The van der Waals surface area contributed by atoms with Gasteiger partial charge >= 0.3 is 0 Å². The molecular weight excluding hydrogens is 251 g/mol. The number of thiazole rings is 1. The Morgan fingerprint density at radius 3 is 3.22 bits per heavy atom. The van der Waals surface area contributed by atoms with Gasteiger partial charge in [-0.1, -0.05) is 0 Å². The summed E-state index contributed by atoms with van der Waals surface area (Å²) >= 11 is 1.51. The molecule has 2 aromatic rings. The maximum absolute atomic E-state index is 13.3. The highest BCUT2D eigenvalue weighted by molar-refractivity contribution is 7.12. The zero-order valence-corrected chi connectivity index (χ0v) is 10.3. The molecule has 1 aromatic heterocycles. The lowest BCUT2D eigenvalue weighted by Gasteiger charge is -2.06. The molecule has 90 valence electrons. The molecule has 3 rings (SSSR count). The van der Waals surface area contributed by atoms with E-state index in [-0.39, 0.29) is 5.82 Å². The van der Waals surface area contributed by atoms with E-state index >= 15 is 0 Å². The number of benzene rings is 1. The molecule has 2 heterocycles. The topological polar surface area (TPSA) is 45.9 Å². The molecule has 5 heteroatoms. The molecule has 0 amide bonds. The third kappa shape index (κ3) is 1.85. The summed E-state index contributed by atoms with van der Waals surface area (Å²) in [6, 6.07) is 6.54. The molecule has 0 atom stereocenters. The van der Waals surface area contributed by atoms with Gasteiger partial charge in [0.1, 0.15) is 16.6 Å². The van der Waals surface area contributed by atoms with Gasteiger partial charge in [0.05, 0.1) is 24.8 Å².